The van der Waals surface area contributed by atoms with E-state index in [1.165, 1.54) is 4.90 Å². The highest BCUT2D eigenvalue weighted by atomic mass is 32.2. The molecule has 2 heterocycles. The van der Waals surface area contributed by atoms with Crippen LogP contribution in [0.4, 0.5) is 10.6 Å². The highest BCUT2D eigenvalue weighted by molar-refractivity contribution is 8.00. The summed E-state index contributed by atoms with van der Waals surface area (Å²) in [7, 11) is 0. The Morgan fingerprint density at radius 2 is 1.85 bits per heavy atom. The van der Waals surface area contributed by atoms with E-state index in [1.54, 1.807) is 32.9 Å². The summed E-state index contributed by atoms with van der Waals surface area (Å²) in [4.78, 5) is 33.4. The number of carbonyl (C=O) groups excluding carboxylic acids is 2. The number of pyridine rings is 1. The number of carbonyl (C=O) groups is 2. The van der Waals surface area contributed by atoms with Crippen molar-refractivity contribution in [1.82, 2.24) is 9.88 Å². The third-order valence-corrected chi connectivity index (χ3v) is 7.86. The van der Waals surface area contributed by atoms with Crippen LogP contribution in [0.3, 0.4) is 0 Å². The standard InChI is InChI=1S/C28H32N6O4S/c1-28(2,3)38-27(37)34-12-11-33(15-19(34)16-35)25-20(13-29)22(17-9-10-17)21(14-30)26(32-25)39-23(24(31)36)18-7-5-4-6-8-18/h4-8,17,19,23,35H,9-12,15-16H2,1-3H3,(H2,31,36). The lowest BCUT2D eigenvalue weighted by molar-refractivity contribution is -0.117. The van der Waals surface area contributed by atoms with E-state index in [0.29, 0.717) is 34.1 Å². The predicted octanol–water partition coefficient (Wildman–Crippen LogP) is 3.44. The van der Waals surface area contributed by atoms with E-state index in [0.717, 1.165) is 24.6 Å². The molecular weight excluding hydrogens is 516 g/mol. The monoisotopic (exact) mass is 548 g/mol. The van der Waals surface area contributed by atoms with Gasteiger partial charge in [0.2, 0.25) is 5.91 Å². The first-order valence-corrected chi connectivity index (χ1v) is 13.7. The summed E-state index contributed by atoms with van der Waals surface area (Å²) in [6.07, 6.45) is 1.18. The Bertz CT molecular complexity index is 1330. The van der Waals surface area contributed by atoms with E-state index in [9.17, 15) is 25.2 Å². The van der Waals surface area contributed by atoms with Crippen LogP contribution >= 0.6 is 11.8 Å². The highest BCUT2D eigenvalue weighted by Crippen LogP contribution is 2.48. The van der Waals surface area contributed by atoms with Crippen LogP contribution in [0.5, 0.6) is 0 Å². The van der Waals surface area contributed by atoms with Gasteiger partial charge >= 0.3 is 6.09 Å². The Morgan fingerprint density at radius 3 is 2.38 bits per heavy atom. The number of rotatable bonds is 7. The molecule has 204 valence electrons. The van der Waals surface area contributed by atoms with Gasteiger partial charge in [-0.05, 0) is 50.7 Å². The number of hydrogen-bond donors (Lipinski definition) is 2. The maximum absolute atomic E-state index is 12.8. The normalized spacial score (nSPS) is 18.2. The topological polar surface area (TPSA) is 157 Å². The smallest absolute Gasteiger partial charge is 0.410 e. The SMILES string of the molecule is CC(C)(C)OC(=O)N1CCN(c2nc(SC(C(N)=O)c3ccccc3)c(C#N)c(C3CC3)c2C#N)CC1CO. The van der Waals surface area contributed by atoms with Crippen LogP contribution in [0.1, 0.15) is 67.0 Å². The number of aliphatic hydroxyl groups is 1. The minimum absolute atomic E-state index is 0.0517. The summed E-state index contributed by atoms with van der Waals surface area (Å²) in [6.45, 7) is 5.85. The number of anilines is 1. The quantitative estimate of drug-likeness (QED) is 0.495. The number of aromatic nitrogens is 1. The third-order valence-electron chi connectivity index (χ3n) is 6.60. The molecule has 1 aliphatic heterocycles. The van der Waals surface area contributed by atoms with E-state index in [1.807, 2.05) is 23.1 Å². The lowest BCUT2D eigenvalue weighted by atomic mass is 9.99. The van der Waals surface area contributed by atoms with E-state index in [2.05, 4.69) is 12.1 Å². The number of aliphatic hydroxyl groups excluding tert-OH is 1. The largest absolute Gasteiger partial charge is 0.444 e. The highest BCUT2D eigenvalue weighted by Gasteiger charge is 2.38. The lowest BCUT2D eigenvalue weighted by Gasteiger charge is -2.41. The Balaban J connectivity index is 1.74. The number of ether oxygens (including phenoxy) is 1. The van der Waals surface area contributed by atoms with E-state index in [-0.39, 0.29) is 31.2 Å². The first-order valence-electron chi connectivity index (χ1n) is 12.8. The fourth-order valence-corrected chi connectivity index (χ4v) is 5.72. The first-order chi connectivity index (χ1) is 18.6. The van der Waals surface area contributed by atoms with Gasteiger partial charge in [-0.15, -0.1) is 0 Å². The maximum atomic E-state index is 12.8. The van der Waals surface area contributed by atoms with Gasteiger partial charge in [0.1, 0.15) is 33.8 Å². The van der Waals surface area contributed by atoms with Gasteiger partial charge in [0.15, 0.2) is 0 Å². The maximum Gasteiger partial charge on any atom is 0.410 e. The van der Waals surface area contributed by atoms with Gasteiger partial charge in [-0.25, -0.2) is 9.78 Å². The van der Waals surface area contributed by atoms with E-state index < -0.39 is 28.9 Å². The molecule has 1 aliphatic carbocycles. The summed E-state index contributed by atoms with van der Waals surface area (Å²) >= 11 is 1.10. The number of thioether (sulfide) groups is 1. The van der Waals surface area contributed by atoms with Gasteiger partial charge in [0, 0.05) is 19.6 Å². The minimum atomic E-state index is -0.784. The van der Waals surface area contributed by atoms with Gasteiger partial charge < -0.3 is 20.5 Å². The minimum Gasteiger partial charge on any atom is -0.444 e. The fourth-order valence-electron chi connectivity index (χ4n) is 4.68. The zero-order chi connectivity index (χ0) is 28.3. The number of nitrogens with two attached hydrogens (primary N) is 1. The van der Waals surface area contributed by atoms with Crippen LogP contribution in [-0.2, 0) is 9.53 Å². The van der Waals surface area contributed by atoms with Crippen LogP contribution in [0.15, 0.2) is 35.4 Å². The number of nitrogens with zero attached hydrogens (tertiary/aromatic N) is 5. The molecule has 2 atom stereocenters. The van der Waals surface area contributed by atoms with E-state index >= 15 is 0 Å². The van der Waals surface area contributed by atoms with Crippen molar-refractivity contribution >= 4 is 29.6 Å². The molecule has 10 nitrogen and oxygen atoms in total. The Morgan fingerprint density at radius 1 is 1.18 bits per heavy atom. The first kappa shape index (κ1) is 28.2. The van der Waals surface area contributed by atoms with Crippen molar-refractivity contribution in [2.75, 3.05) is 31.1 Å². The van der Waals surface area contributed by atoms with Crippen LogP contribution in [0.2, 0.25) is 0 Å². The second kappa shape index (κ2) is 11.5. The molecule has 4 rings (SSSR count). The lowest BCUT2D eigenvalue weighted by Crippen LogP contribution is -2.58. The van der Waals surface area contributed by atoms with Crippen molar-refractivity contribution in [1.29, 1.82) is 10.5 Å². The number of benzene rings is 1. The average Bonchev–Trinajstić information content (AvgIpc) is 3.75. The van der Waals surface area contributed by atoms with Crippen molar-refractivity contribution in [3.05, 3.63) is 52.6 Å². The summed E-state index contributed by atoms with van der Waals surface area (Å²) in [5.74, 6) is -0.141. The summed E-state index contributed by atoms with van der Waals surface area (Å²) in [5.41, 5.74) is 7.01. The zero-order valence-electron chi connectivity index (χ0n) is 22.3. The van der Waals surface area contributed by atoms with Gasteiger partial charge in [-0.2, -0.15) is 10.5 Å². The van der Waals surface area contributed by atoms with E-state index in [4.69, 9.17) is 15.5 Å². The number of hydrogen-bond acceptors (Lipinski definition) is 9. The summed E-state index contributed by atoms with van der Waals surface area (Å²) < 4.78 is 5.52. The molecule has 2 fully saturated rings. The van der Waals surface area contributed by atoms with Crippen molar-refractivity contribution in [3.63, 3.8) is 0 Å². The molecule has 0 spiro atoms. The van der Waals surface area contributed by atoms with Crippen molar-refractivity contribution in [3.8, 4) is 12.1 Å². The molecule has 11 heteroatoms. The molecule has 2 amide bonds. The molecule has 39 heavy (non-hydrogen) atoms. The fraction of sp³-hybridized carbons (Fsp3) is 0.464. The molecular formula is C28H32N6O4S. The van der Waals surface area contributed by atoms with Crippen LogP contribution in [-0.4, -0.2) is 64.9 Å². The second-order valence-corrected chi connectivity index (χ2v) is 11.8. The van der Waals surface area contributed by atoms with Gasteiger partial charge in [-0.3, -0.25) is 9.69 Å². The molecule has 1 aromatic heterocycles. The van der Waals surface area contributed by atoms with Crippen molar-refractivity contribution in [2.45, 2.75) is 61.4 Å². The Hall–Kier alpha value is -3.80. The van der Waals surface area contributed by atoms with Crippen molar-refractivity contribution < 1.29 is 19.4 Å². The third kappa shape index (κ3) is 6.27. The zero-order valence-corrected chi connectivity index (χ0v) is 23.1. The van der Waals surface area contributed by atoms with Gasteiger partial charge in [0.25, 0.3) is 0 Å². The van der Waals surface area contributed by atoms with Gasteiger partial charge in [-0.1, -0.05) is 42.1 Å². The molecule has 1 aromatic carbocycles. The number of amides is 2. The Labute approximate surface area is 232 Å². The molecule has 3 N–H and O–H groups in total. The average molecular weight is 549 g/mol. The molecule has 1 saturated heterocycles. The summed E-state index contributed by atoms with van der Waals surface area (Å²) in [5, 5.41) is 30.1. The van der Waals surface area contributed by atoms with Crippen LogP contribution < -0.4 is 10.6 Å². The van der Waals surface area contributed by atoms with Gasteiger partial charge in [0.05, 0.1) is 23.8 Å². The molecule has 1 saturated carbocycles. The molecule has 0 bridgehead atoms. The number of nitriles is 2. The molecule has 0 radical (unpaired) electrons. The van der Waals surface area contributed by atoms with Crippen molar-refractivity contribution in [2.24, 2.45) is 5.73 Å². The number of primary amides is 1. The Kier molecular flexibility index (Phi) is 8.34. The van der Waals surface area contributed by atoms with Crippen LogP contribution in [0, 0.1) is 22.7 Å². The second-order valence-electron chi connectivity index (χ2n) is 10.7. The molecule has 2 aliphatic rings. The molecule has 2 aromatic rings. The summed E-state index contributed by atoms with van der Waals surface area (Å²) in [6, 6.07) is 13.0. The molecule has 2 unspecified atom stereocenters. The number of piperazine rings is 1. The predicted molar refractivity (Wildman–Crippen MR) is 146 cm³/mol. The van der Waals surface area contributed by atoms with Crippen LogP contribution in [0.25, 0.3) is 0 Å².